The number of anilines is 1. The Morgan fingerprint density at radius 2 is 1.91 bits per heavy atom. The molecule has 2 aromatic carbocycles. The van der Waals surface area contributed by atoms with Crippen LogP contribution in [0.5, 0.6) is 0 Å². The lowest BCUT2D eigenvalue weighted by molar-refractivity contribution is -0.130. The minimum absolute atomic E-state index is 0.00377. The van der Waals surface area contributed by atoms with Crippen molar-refractivity contribution in [2.45, 2.75) is 26.2 Å². The summed E-state index contributed by atoms with van der Waals surface area (Å²) in [5.74, 6) is 0.276. The minimum atomic E-state index is -0.318. The maximum absolute atomic E-state index is 13.5. The van der Waals surface area contributed by atoms with Gasteiger partial charge in [-0.05, 0) is 48.9 Å². The van der Waals surface area contributed by atoms with Crippen molar-refractivity contribution < 1.29 is 9.18 Å². The second-order valence-corrected chi connectivity index (χ2v) is 9.85. The number of benzene rings is 2. The molecule has 0 aliphatic carbocycles. The van der Waals surface area contributed by atoms with Crippen LogP contribution in [0.3, 0.4) is 0 Å². The predicted molar refractivity (Wildman–Crippen MR) is 133 cm³/mol. The van der Waals surface area contributed by atoms with E-state index in [0.29, 0.717) is 35.5 Å². The van der Waals surface area contributed by atoms with E-state index < -0.39 is 0 Å². The van der Waals surface area contributed by atoms with E-state index >= 15 is 0 Å². The van der Waals surface area contributed by atoms with E-state index in [9.17, 15) is 9.18 Å². The number of carbonyl (C=O) groups is 1. The van der Waals surface area contributed by atoms with Gasteiger partial charge in [0.25, 0.3) is 0 Å². The highest BCUT2D eigenvalue weighted by Crippen LogP contribution is 2.27. The molecule has 1 amide bonds. The Kier molecular flexibility index (Phi) is 6.10. The molecule has 0 bridgehead atoms. The van der Waals surface area contributed by atoms with Crippen LogP contribution in [0.2, 0.25) is 5.02 Å². The average Bonchev–Trinajstić information content (AvgIpc) is 3.33. The number of rotatable bonds is 4. The molecule has 4 aromatic rings. The number of halogens is 2. The van der Waals surface area contributed by atoms with Gasteiger partial charge in [-0.2, -0.15) is 0 Å². The average molecular weight is 496 g/mol. The van der Waals surface area contributed by atoms with Gasteiger partial charge in [0.15, 0.2) is 5.13 Å². The molecule has 0 radical (unpaired) electrons. The van der Waals surface area contributed by atoms with Crippen LogP contribution < -0.4 is 5.73 Å². The van der Waals surface area contributed by atoms with Crippen molar-refractivity contribution in [3.63, 3.8) is 0 Å². The van der Waals surface area contributed by atoms with Crippen molar-refractivity contribution in [1.82, 2.24) is 19.4 Å². The number of nitrogens with two attached hydrogens (primary N) is 1. The number of aromatic nitrogens is 3. The first kappa shape index (κ1) is 22.6. The van der Waals surface area contributed by atoms with E-state index in [1.807, 2.05) is 40.8 Å². The number of hydrogen-bond acceptors (Lipinski definition) is 5. The second-order valence-electron chi connectivity index (χ2n) is 8.33. The van der Waals surface area contributed by atoms with Crippen molar-refractivity contribution >= 4 is 34.0 Å². The van der Waals surface area contributed by atoms with Gasteiger partial charge in [0.1, 0.15) is 11.6 Å². The molecular weight excluding hydrogens is 473 g/mol. The Morgan fingerprint density at radius 1 is 1.15 bits per heavy atom. The van der Waals surface area contributed by atoms with Crippen LogP contribution in [0.4, 0.5) is 9.52 Å². The molecule has 0 saturated carbocycles. The molecule has 34 heavy (non-hydrogen) atoms. The lowest BCUT2D eigenvalue weighted by atomic mass is 10.1. The Labute approximate surface area is 205 Å². The summed E-state index contributed by atoms with van der Waals surface area (Å²) in [5.41, 5.74) is 10.1. The Morgan fingerprint density at radius 3 is 2.68 bits per heavy atom. The van der Waals surface area contributed by atoms with Crippen molar-refractivity contribution in [2.75, 3.05) is 18.8 Å². The maximum atomic E-state index is 13.5. The number of hydrogen-bond donors (Lipinski definition) is 1. The van der Waals surface area contributed by atoms with E-state index in [2.05, 4.69) is 4.98 Å². The van der Waals surface area contributed by atoms with Crippen molar-refractivity contribution in [1.29, 1.82) is 0 Å². The molecule has 1 aliphatic rings. The molecular formula is C25H23ClFN5OS. The molecule has 9 heteroatoms. The summed E-state index contributed by atoms with van der Waals surface area (Å²) in [7, 11) is 0. The summed E-state index contributed by atoms with van der Waals surface area (Å²) in [5, 5.41) is 1.26. The highest BCUT2D eigenvalue weighted by atomic mass is 35.5. The number of nitrogen functional groups attached to an aromatic ring is 1. The molecule has 174 valence electrons. The largest absolute Gasteiger partial charge is 0.375 e. The first-order valence-corrected chi connectivity index (χ1v) is 12.2. The van der Waals surface area contributed by atoms with Crippen LogP contribution in [0.25, 0.3) is 16.9 Å². The molecule has 2 aromatic heterocycles. The highest BCUT2D eigenvalue weighted by Gasteiger charge is 2.23. The Bertz CT molecular complexity index is 1340. The Hall–Kier alpha value is -3.23. The molecule has 6 nitrogen and oxygen atoms in total. The van der Waals surface area contributed by atoms with Gasteiger partial charge >= 0.3 is 0 Å². The molecule has 2 N–H and O–H groups in total. The fourth-order valence-electron chi connectivity index (χ4n) is 4.19. The van der Waals surface area contributed by atoms with E-state index in [-0.39, 0.29) is 18.1 Å². The zero-order chi connectivity index (χ0) is 23.8. The zero-order valence-corrected chi connectivity index (χ0v) is 20.2. The van der Waals surface area contributed by atoms with Gasteiger partial charge in [0, 0.05) is 53.3 Å². The topological polar surface area (TPSA) is 77.0 Å². The fraction of sp³-hybridized carbons (Fsp3) is 0.240. The number of aryl methyl sites for hydroxylation is 1. The van der Waals surface area contributed by atoms with Crippen LogP contribution in [-0.4, -0.2) is 38.4 Å². The van der Waals surface area contributed by atoms with E-state index in [1.54, 1.807) is 12.1 Å². The third kappa shape index (κ3) is 4.56. The summed E-state index contributed by atoms with van der Waals surface area (Å²) in [6.07, 6.45) is 3.45. The SMILES string of the molecule is Cc1cc(-c2cn(-c3ccc(F)cc3)c(CC(=O)N3CCc4nc(N)sc4CC3)n2)ccc1Cl. The quantitative estimate of drug-likeness (QED) is 0.439. The number of nitrogens with zero attached hydrogens (tertiary/aromatic N) is 4. The molecule has 5 rings (SSSR count). The molecule has 0 saturated heterocycles. The first-order chi connectivity index (χ1) is 16.4. The molecule has 1 aliphatic heterocycles. The van der Waals surface area contributed by atoms with Crippen molar-refractivity contribution in [2.24, 2.45) is 0 Å². The van der Waals surface area contributed by atoms with Crippen LogP contribution >= 0.6 is 22.9 Å². The maximum Gasteiger partial charge on any atom is 0.230 e. The van der Waals surface area contributed by atoms with E-state index in [1.165, 1.54) is 23.5 Å². The predicted octanol–water partition coefficient (Wildman–Crippen LogP) is 4.85. The molecule has 0 fully saturated rings. The van der Waals surface area contributed by atoms with E-state index in [0.717, 1.165) is 39.5 Å². The van der Waals surface area contributed by atoms with E-state index in [4.69, 9.17) is 22.3 Å². The van der Waals surface area contributed by atoms with Crippen LogP contribution in [0, 0.1) is 12.7 Å². The van der Waals surface area contributed by atoms with Crippen LogP contribution in [0.15, 0.2) is 48.7 Å². The number of fused-ring (bicyclic) bond motifs is 1. The smallest absolute Gasteiger partial charge is 0.230 e. The third-order valence-corrected chi connectivity index (χ3v) is 7.43. The monoisotopic (exact) mass is 495 g/mol. The summed E-state index contributed by atoms with van der Waals surface area (Å²) in [4.78, 5) is 25.5. The minimum Gasteiger partial charge on any atom is -0.375 e. The molecule has 0 unspecified atom stereocenters. The summed E-state index contributed by atoms with van der Waals surface area (Å²) in [6, 6.07) is 11.9. The highest BCUT2D eigenvalue weighted by molar-refractivity contribution is 7.15. The molecule has 0 atom stereocenters. The second kappa shape index (κ2) is 9.19. The van der Waals surface area contributed by atoms with Gasteiger partial charge in [0.2, 0.25) is 5.91 Å². The number of carbonyl (C=O) groups excluding carboxylic acids is 1. The summed E-state index contributed by atoms with van der Waals surface area (Å²) >= 11 is 7.69. The van der Waals surface area contributed by atoms with Gasteiger partial charge < -0.3 is 15.2 Å². The molecule has 0 spiro atoms. The fourth-order valence-corrected chi connectivity index (χ4v) is 5.18. The first-order valence-electron chi connectivity index (χ1n) is 11.0. The van der Waals surface area contributed by atoms with Gasteiger partial charge in [-0.3, -0.25) is 4.79 Å². The van der Waals surface area contributed by atoms with Crippen molar-refractivity contribution in [3.05, 3.63) is 81.5 Å². The number of imidazole rings is 1. The zero-order valence-electron chi connectivity index (χ0n) is 18.6. The number of amides is 1. The third-order valence-electron chi connectivity index (χ3n) is 6.02. The summed E-state index contributed by atoms with van der Waals surface area (Å²) in [6.45, 7) is 3.15. The van der Waals surface area contributed by atoms with Gasteiger partial charge in [-0.15, -0.1) is 11.3 Å². The van der Waals surface area contributed by atoms with Gasteiger partial charge in [-0.1, -0.05) is 17.7 Å². The van der Waals surface area contributed by atoms with Crippen LogP contribution in [-0.2, 0) is 24.1 Å². The van der Waals surface area contributed by atoms with Crippen molar-refractivity contribution in [3.8, 4) is 16.9 Å². The summed E-state index contributed by atoms with van der Waals surface area (Å²) < 4.78 is 15.4. The van der Waals surface area contributed by atoms with Gasteiger partial charge in [-0.25, -0.2) is 14.4 Å². The molecule has 3 heterocycles. The lowest BCUT2D eigenvalue weighted by Gasteiger charge is -2.20. The van der Waals surface area contributed by atoms with Gasteiger partial charge in [0.05, 0.1) is 17.8 Å². The Balaban J connectivity index is 1.44. The standard InChI is InChI=1S/C25H23ClFN5OS/c1-15-12-16(2-7-19(15)26)21-14-32(18-5-3-17(27)4-6-18)23(29-21)13-24(33)31-10-8-20-22(9-11-31)34-25(28)30-20/h2-7,12,14H,8-11,13H2,1H3,(H2,28,30). The van der Waals surface area contributed by atoms with Crippen LogP contribution in [0.1, 0.15) is 22.0 Å². The lowest BCUT2D eigenvalue weighted by Crippen LogP contribution is -2.35. The normalized spacial score (nSPS) is 13.6. The number of thiazole rings is 1.